The van der Waals surface area contributed by atoms with Gasteiger partial charge in [0, 0.05) is 6.04 Å². The van der Waals surface area contributed by atoms with E-state index in [0.29, 0.717) is 31.4 Å². The topological polar surface area (TPSA) is 50.9 Å². The molecular formula is C19H28ClF3N4O+2. The molecule has 2 atom stereocenters. The highest BCUT2D eigenvalue weighted by Gasteiger charge is 2.35. The second kappa shape index (κ2) is 8.86. The van der Waals surface area contributed by atoms with Crippen molar-refractivity contribution < 1.29 is 27.8 Å². The number of anilines is 1. The summed E-state index contributed by atoms with van der Waals surface area (Å²) in [6, 6.07) is 1.23. The Balaban J connectivity index is 1.50. The average Bonchev–Trinajstić information content (AvgIpc) is 2.63. The highest BCUT2D eigenvalue weighted by molar-refractivity contribution is 6.32. The molecule has 0 spiro atoms. The number of aromatic amines is 1. The van der Waals surface area contributed by atoms with Crippen LogP contribution < -0.4 is 20.1 Å². The number of piperazine rings is 1. The predicted octanol–water partition coefficient (Wildman–Crippen LogP) is 1.57. The largest absolute Gasteiger partial charge is 0.419 e. The fourth-order valence-electron chi connectivity index (χ4n) is 4.11. The van der Waals surface area contributed by atoms with Gasteiger partial charge in [0.15, 0.2) is 6.54 Å². The van der Waals surface area contributed by atoms with E-state index in [-0.39, 0.29) is 17.0 Å². The van der Waals surface area contributed by atoms with Crippen LogP contribution in [-0.4, -0.2) is 44.7 Å². The first-order valence-corrected chi connectivity index (χ1v) is 10.3. The Kier molecular flexibility index (Phi) is 6.70. The maximum atomic E-state index is 12.8. The first kappa shape index (κ1) is 21.2. The van der Waals surface area contributed by atoms with Crippen LogP contribution in [-0.2, 0) is 11.0 Å². The van der Waals surface area contributed by atoms with Crippen LogP contribution in [0.4, 0.5) is 19.0 Å². The van der Waals surface area contributed by atoms with E-state index >= 15 is 0 Å². The van der Waals surface area contributed by atoms with Crippen LogP contribution >= 0.6 is 11.6 Å². The minimum atomic E-state index is -4.43. The summed E-state index contributed by atoms with van der Waals surface area (Å²) in [4.78, 5) is 18.2. The highest BCUT2D eigenvalue weighted by atomic mass is 35.5. The van der Waals surface area contributed by atoms with Gasteiger partial charge in [-0.1, -0.05) is 31.4 Å². The fourth-order valence-corrected chi connectivity index (χ4v) is 4.40. The minimum Gasteiger partial charge on any atom is -0.348 e. The maximum absolute atomic E-state index is 12.8. The monoisotopic (exact) mass is 420 g/mol. The lowest BCUT2D eigenvalue weighted by atomic mass is 9.86. The van der Waals surface area contributed by atoms with E-state index in [4.69, 9.17) is 11.6 Å². The number of hydrogen-bond donors (Lipinski definition) is 2. The third-order valence-corrected chi connectivity index (χ3v) is 6.14. The molecule has 1 aromatic rings. The predicted molar refractivity (Wildman–Crippen MR) is 100 cm³/mol. The molecule has 0 radical (unpaired) electrons. The molecular weight excluding hydrogens is 393 g/mol. The third kappa shape index (κ3) is 5.29. The first-order valence-electron chi connectivity index (χ1n) is 9.90. The number of hydrogen-bond acceptors (Lipinski definition) is 2. The Morgan fingerprint density at radius 2 is 2.00 bits per heavy atom. The lowest BCUT2D eigenvalue weighted by Crippen LogP contribution is -3.16. The molecule has 28 heavy (non-hydrogen) atoms. The van der Waals surface area contributed by atoms with E-state index in [0.717, 1.165) is 31.8 Å². The smallest absolute Gasteiger partial charge is 0.348 e. The van der Waals surface area contributed by atoms with Crippen molar-refractivity contribution in [2.45, 2.75) is 44.8 Å². The van der Waals surface area contributed by atoms with Crippen LogP contribution in [0, 0.1) is 5.92 Å². The van der Waals surface area contributed by atoms with E-state index in [2.05, 4.69) is 17.2 Å². The van der Waals surface area contributed by atoms with E-state index in [1.54, 1.807) is 0 Å². The number of quaternary nitrogens is 1. The van der Waals surface area contributed by atoms with Crippen molar-refractivity contribution in [2.75, 3.05) is 37.6 Å². The molecule has 2 aliphatic rings. The van der Waals surface area contributed by atoms with Crippen LogP contribution in [0.3, 0.4) is 0 Å². The molecule has 1 aromatic heterocycles. The van der Waals surface area contributed by atoms with Crippen molar-refractivity contribution in [3.63, 3.8) is 0 Å². The SMILES string of the molecule is C[C@@H]1CCCC[C@H]1NC(=O)C[NH+]1CCN(c2[nH+]cc(C(F)(F)F)cc2Cl)CC1. The summed E-state index contributed by atoms with van der Waals surface area (Å²) in [5, 5.41) is 3.24. The standard InChI is InChI=1S/C19H26ClF3N4O/c1-13-4-2-3-5-16(13)25-17(28)12-26-6-8-27(9-7-26)18-15(20)10-14(11-24-18)19(21,22)23/h10-11,13,16H,2-9,12H2,1H3,(H,25,28)/p+2/t13-,16-/m1/s1. The van der Waals surface area contributed by atoms with Gasteiger partial charge in [0.1, 0.15) is 37.4 Å². The first-order chi connectivity index (χ1) is 13.2. The van der Waals surface area contributed by atoms with Crippen LogP contribution in [0.25, 0.3) is 0 Å². The van der Waals surface area contributed by atoms with Crippen LogP contribution in [0.5, 0.6) is 0 Å². The van der Waals surface area contributed by atoms with Crippen molar-refractivity contribution in [3.8, 4) is 0 Å². The summed E-state index contributed by atoms with van der Waals surface area (Å²) in [5.74, 6) is 1.11. The van der Waals surface area contributed by atoms with Gasteiger partial charge in [-0.3, -0.25) is 4.79 Å². The number of nitrogens with one attached hydrogen (secondary N) is 3. The Hall–Kier alpha value is -1.54. The second-order valence-corrected chi connectivity index (χ2v) is 8.34. The molecule has 156 valence electrons. The Labute approximate surface area is 168 Å². The number of nitrogens with zero attached hydrogens (tertiary/aromatic N) is 1. The van der Waals surface area contributed by atoms with Crippen molar-refractivity contribution >= 4 is 23.3 Å². The average molecular weight is 421 g/mol. The van der Waals surface area contributed by atoms with Gasteiger partial charge in [-0.25, -0.2) is 9.88 Å². The summed E-state index contributed by atoms with van der Waals surface area (Å²) in [6.07, 6.45) is 1.15. The number of alkyl halides is 3. The van der Waals surface area contributed by atoms with Gasteiger partial charge in [0.25, 0.3) is 11.7 Å². The van der Waals surface area contributed by atoms with Gasteiger partial charge in [0.05, 0.1) is 5.56 Å². The molecule has 5 nitrogen and oxygen atoms in total. The second-order valence-electron chi connectivity index (χ2n) is 7.93. The number of halogens is 4. The molecule has 1 amide bonds. The molecule has 0 unspecified atom stereocenters. The molecule has 3 N–H and O–H groups in total. The molecule has 2 fully saturated rings. The van der Waals surface area contributed by atoms with Crippen LogP contribution in [0.1, 0.15) is 38.2 Å². The van der Waals surface area contributed by atoms with Gasteiger partial charge >= 0.3 is 6.18 Å². The zero-order valence-corrected chi connectivity index (χ0v) is 16.8. The van der Waals surface area contributed by atoms with Gasteiger partial charge < -0.3 is 10.2 Å². The lowest BCUT2D eigenvalue weighted by Gasteiger charge is -2.31. The van der Waals surface area contributed by atoms with E-state index in [1.807, 2.05) is 4.90 Å². The summed E-state index contributed by atoms with van der Waals surface area (Å²) in [7, 11) is 0. The zero-order valence-electron chi connectivity index (χ0n) is 16.0. The minimum absolute atomic E-state index is 0.0577. The van der Waals surface area contributed by atoms with Crippen molar-refractivity contribution in [1.82, 2.24) is 5.32 Å². The molecule has 2 heterocycles. The molecule has 3 rings (SSSR count). The van der Waals surface area contributed by atoms with Crippen LogP contribution in [0.15, 0.2) is 12.3 Å². The summed E-state index contributed by atoms with van der Waals surface area (Å²) < 4.78 is 38.3. The molecule has 1 saturated carbocycles. The number of amides is 1. The lowest BCUT2D eigenvalue weighted by molar-refractivity contribution is -0.892. The highest BCUT2D eigenvalue weighted by Crippen LogP contribution is 2.32. The number of carbonyl (C=O) groups is 1. The zero-order chi connectivity index (χ0) is 20.3. The van der Waals surface area contributed by atoms with Gasteiger partial charge in [0.2, 0.25) is 0 Å². The van der Waals surface area contributed by atoms with Crippen molar-refractivity contribution in [3.05, 3.63) is 22.8 Å². The third-order valence-electron chi connectivity index (χ3n) is 5.86. The molecule has 1 saturated heterocycles. The summed E-state index contributed by atoms with van der Waals surface area (Å²) in [6.45, 7) is 5.35. The quantitative estimate of drug-likeness (QED) is 0.777. The van der Waals surface area contributed by atoms with Crippen molar-refractivity contribution in [1.29, 1.82) is 0 Å². The molecule has 0 aromatic carbocycles. The Morgan fingerprint density at radius 3 is 2.61 bits per heavy atom. The van der Waals surface area contributed by atoms with Crippen molar-refractivity contribution in [2.24, 2.45) is 5.92 Å². The summed E-state index contributed by atoms with van der Waals surface area (Å²) >= 11 is 6.07. The normalized spacial score (nSPS) is 24.2. The molecule has 0 bridgehead atoms. The molecule has 1 aliphatic carbocycles. The van der Waals surface area contributed by atoms with Gasteiger partial charge in [-0.05, 0) is 24.8 Å². The Bertz CT molecular complexity index is 692. The van der Waals surface area contributed by atoms with Crippen LogP contribution in [0.2, 0.25) is 5.02 Å². The Morgan fingerprint density at radius 1 is 1.32 bits per heavy atom. The maximum Gasteiger partial charge on any atom is 0.419 e. The molecule has 1 aliphatic heterocycles. The van der Waals surface area contributed by atoms with E-state index < -0.39 is 11.7 Å². The number of pyridine rings is 1. The number of aromatic nitrogens is 1. The summed E-state index contributed by atoms with van der Waals surface area (Å²) in [5.41, 5.74) is -0.792. The fraction of sp³-hybridized carbons (Fsp3) is 0.684. The number of H-pyrrole nitrogens is 1. The van der Waals surface area contributed by atoms with E-state index in [9.17, 15) is 18.0 Å². The van der Waals surface area contributed by atoms with E-state index in [1.165, 1.54) is 24.2 Å². The number of carbonyl (C=O) groups excluding carboxylic acids is 1. The van der Waals surface area contributed by atoms with Gasteiger partial charge in [-0.2, -0.15) is 13.2 Å². The molecule has 9 heteroatoms. The number of rotatable bonds is 4. The van der Waals surface area contributed by atoms with Gasteiger partial charge in [-0.15, -0.1) is 0 Å².